The van der Waals surface area contributed by atoms with Gasteiger partial charge in [0.1, 0.15) is 0 Å². The summed E-state index contributed by atoms with van der Waals surface area (Å²) >= 11 is -1.03. The Morgan fingerprint density at radius 1 is 0.579 bits per heavy atom. The molecular formula is C21H35Cl6K2N3O4Pt2. The maximum absolute atomic E-state index is 9.15. The molecule has 3 fully saturated rings. The molecule has 3 saturated carbocycles. The van der Waals surface area contributed by atoms with Crippen molar-refractivity contribution in [2.24, 2.45) is 17.8 Å². The number of hydrogen-bond acceptors (Lipinski definition) is 6. The van der Waals surface area contributed by atoms with E-state index in [1.807, 2.05) is 0 Å². The number of halogens is 6. The van der Waals surface area contributed by atoms with Gasteiger partial charge in [0, 0.05) is 0 Å². The Morgan fingerprint density at radius 3 is 0.842 bits per heavy atom. The van der Waals surface area contributed by atoms with Crippen LogP contribution in [0.1, 0.15) is 77.0 Å². The number of rotatable bonds is 0. The topological polar surface area (TPSA) is 164 Å². The molecule has 6 atom stereocenters. The van der Waals surface area contributed by atoms with Crippen LogP contribution in [0.2, 0.25) is 0 Å². The first kappa shape index (κ1) is 49.6. The van der Waals surface area contributed by atoms with Crippen molar-refractivity contribution in [3.05, 3.63) is 0 Å². The summed E-state index contributed by atoms with van der Waals surface area (Å²) in [7, 11) is 29.8. The van der Waals surface area contributed by atoms with Gasteiger partial charge in [-0.1, -0.05) is 38.5 Å². The van der Waals surface area contributed by atoms with Crippen LogP contribution in [0.5, 0.6) is 0 Å². The van der Waals surface area contributed by atoms with Crippen molar-refractivity contribution in [3.63, 3.8) is 0 Å². The molecule has 3 aliphatic carbocycles. The van der Waals surface area contributed by atoms with Gasteiger partial charge in [-0.3, -0.25) is 0 Å². The number of hydrogen-bond donors (Lipinski definition) is 3. The van der Waals surface area contributed by atoms with Crippen molar-refractivity contribution < 1.29 is 49.2 Å². The Hall–Kier alpha value is 4.70. The molecule has 0 amide bonds. The summed E-state index contributed by atoms with van der Waals surface area (Å²) in [6, 6.07) is 6.31. The quantitative estimate of drug-likeness (QED) is 0.263. The van der Waals surface area contributed by atoms with Crippen LogP contribution < -0.4 is 0 Å². The normalized spacial score (nSPS) is 28.1. The average Bonchev–Trinajstić information content (AvgIpc) is 2.86. The summed E-state index contributed by atoms with van der Waals surface area (Å²) in [6.07, 6.45) is 10.6. The minimum absolute atomic E-state index is 0. The summed E-state index contributed by atoms with van der Waals surface area (Å²) in [5.74, 6) is -0.253. The monoisotopic (exact) mass is 1070 g/mol. The van der Waals surface area contributed by atoms with Gasteiger partial charge in [-0.2, -0.15) is 15.8 Å². The van der Waals surface area contributed by atoms with Crippen molar-refractivity contribution in [2.45, 2.75) is 95.4 Å². The summed E-state index contributed by atoms with van der Waals surface area (Å²) in [4.78, 5) is 0. The molecule has 3 rings (SSSR count). The third kappa shape index (κ3) is 33.6. The zero-order valence-corrected chi connectivity index (χ0v) is 36.9. The first-order valence-electron chi connectivity index (χ1n) is 12.0. The molecule has 5 N–H and O–H groups in total. The second-order valence-corrected chi connectivity index (χ2v) is 31.1. The van der Waals surface area contributed by atoms with Gasteiger partial charge in [-0.05, 0) is 38.5 Å². The molecule has 0 heterocycles. The number of aliphatic hydroxyl groups is 3. The zero-order chi connectivity index (χ0) is 29.3. The van der Waals surface area contributed by atoms with Crippen LogP contribution in [0.4, 0.5) is 0 Å². The Kier molecular flexibility index (Phi) is 45.1. The Balaban J connectivity index is -0.000000193. The average molecular weight is 1070 g/mol. The molecule has 7 nitrogen and oxygen atoms in total. The van der Waals surface area contributed by atoms with Crippen molar-refractivity contribution in [1.29, 1.82) is 15.8 Å². The van der Waals surface area contributed by atoms with E-state index in [-0.39, 0.29) is 41.5 Å². The molecule has 222 valence electrons. The second-order valence-electron chi connectivity index (χ2n) is 8.08. The van der Waals surface area contributed by atoms with Gasteiger partial charge in [-0.25, -0.2) is 0 Å². The van der Waals surface area contributed by atoms with E-state index in [1.54, 1.807) is 0 Å². The van der Waals surface area contributed by atoms with Crippen LogP contribution in [0.15, 0.2) is 0 Å². The Labute approximate surface area is 308 Å². The molecule has 0 bridgehead atoms. The van der Waals surface area contributed by atoms with Gasteiger partial charge in [0.25, 0.3) is 0 Å². The molecule has 0 aromatic heterocycles. The van der Waals surface area contributed by atoms with Crippen molar-refractivity contribution in [1.82, 2.24) is 0 Å². The predicted molar refractivity (Wildman–Crippen MR) is 151 cm³/mol. The van der Waals surface area contributed by atoms with Crippen LogP contribution in [-0.4, -0.2) is 102 Å². The fraction of sp³-hybridized carbons (Fsp3) is 0.857. The molecule has 3 aliphatic rings. The predicted octanol–water partition coefficient (Wildman–Crippen LogP) is 5.73. The van der Waals surface area contributed by atoms with E-state index in [2.05, 4.69) is 18.2 Å². The van der Waals surface area contributed by atoms with Crippen LogP contribution in [0.3, 0.4) is 0 Å². The molecule has 6 unspecified atom stereocenters. The van der Waals surface area contributed by atoms with Crippen LogP contribution in [-0.2, 0) is 28.4 Å². The standard InChI is InChI=1S/3C7H11NO.6ClH.2K.H2O.2Pt/c3*8-5-6-3-1-2-4-7(6)9;;;;;;;;;;;/h3*6-7,9H,1-4H2;6*1H;;;1H2;;/q;;;;;;;;;;;;+2;+4/p-6. The molecule has 0 spiro atoms. The summed E-state index contributed by atoms with van der Waals surface area (Å²) in [5, 5.41) is 52.8. The van der Waals surface area contributed by atoms with E-state index < -0.39 is 28.4 Å². The van der Waals surface area contributed by atoms with Crippen LogP contribution in [0, 0.1) is 51.7 Å². The maximum atomic E-state index is 9.15. The molecule has 0 aromatic rings. The van der Waals surface area contributed by atoms with E-state index in [0.717, 1.165) is 77.0 Å². The molecule has 0 radical (unpaired) electrons. The van der Waals surface area contributed by atoms with Crippen molar-refractivity contribution in [3.8, 4) is 18.2 Å². The second kappa shape index (κ2) is 34.6. The van der Waals surface area contributed by atoms with Gasteiger partial charge in [0.2, 0.25) is 0 Å². The molecule has 0 aliphatic heterocycles. The van der Waals surface area contributed by atoms with Crippen LogP contribution >= 0.6 is 56.5 Å². The Morgan fingerprint density at radius 2 is 0.737 bits per heavy atom. The van der Waals surface area contributed by atoms with Crippen LogP contribution in [0.25, 0.3) is 0 Å². The molecule has 0 aromatic carbocycles. The first-order chi connectivity index (χ1) is 17.4. The van der Waals surface area contributed by atoms with Crippen molar-refractivity contribution >= 4 is 120 Å². The van der Waals surface area contributed by atoms with E-state index in [1.165, 1.54) is 63.2 Å². The molecule has 38 heavy (non-hydrogen) atoms. The molecule has 0 saturated heterocycles. The fourth-order valence-electron chi connectivity index (χ4n) is 3.79. The third-order valence-corrected chi connectivity index (χ3v) is 5.69. The molecular weight excluding hydrogens is 1040 g/mol. The SMILES string of the molecule is N#CC1CCCCC1O.N#CC1CCCCC1O.N#CC1CCCCC1O.O.[Cl][Pt]([Cl])([Cl])[Cl].[Cl][Pt][Cl].[K][K]. The zero-order valence-electron chi connectivity index (χ0n) is 21.5. The van der Waals surface area contributed by atoms with E-state index >= 15 is 0 Å². The summed E-state index contributed by atoms with van der Waals surface area (Å²) in [6.45, 7) is 0. The number of aliphatic hydroxyl groups excluding tert-OH is 3. The fourth-order valence-corrected chi connectivity index (χ4v) is 3.79. The van der Waals surface area contributed by atoms with Gasteiger partial charge in [-0.15, -0.1) is 0 Å². The molecule has 17 heteroatoms. The first-order valence-corrected chi connectivity index (χ1v) is 44.9. The van der Waals surface area contributed by atoms with E-state index in [0.29, 0.717) is 0 Å². The minimum atomic E-state index is -3.06. The van der Waals surface area contributed by atoms with Crippen molar-refractivity contribution in [2.75, 3.05) is 0 Å². The summed E-state index contributed by atoms with van der Waals surface area (Å²) < 4.78 is 0. The van der Waals surface area contributed by atoms with Gasteiger partial charge in [0.05, 0.1) is 54.3 Å². The Bertz CT molecular complexity index is 591. The third-order valence-electron chi connectivity index (χ3n) is 5.69. The van der Waals surface area contributed by atoms with Gasteiger partial charge in [0.15, 0.2) is 0 Å². The van der Waals surface area contributed by atoms with E-state index in [9.17, 15) is 0 Å². The van der Waals surface area contributed by atoms with Gasteiger partial charge >= 0.3 is 148 Å². The number of nitriles is 3. The summed E-state index contributed by atoms with van der Waals surface area (Å²) in [5.41, 5.74) is 0. The van der Waals surface area contributed by atoms with Gasteiger partial charge < -0.3 is 20.8 Å². The number of nitrogens with zero attached hydrogens (tertiary/aromatic N) is 3. The van der Waals surface area contributed by atoms with E-state index in [4.69, 9.17) is 87.6 Å².